The van der Waals surface area contributed by atoms with E-state index in [4.69, 9.17) is 16.3 Å². The highest BCUT2D eigenvalue weighted by Gasteiger charge is 2.12. The van der Waals surface area contributed by atoms with Crippen LogP contribution in [0.2, 0.25) is 5.02 Å². The third-order valence-electron chi connectivity index (χ3n) is 4.30. The fourth-order valence-electron chi connectivity index (χ4n) is 2.54. The van der Waals surface area contributed by atoms with Gasteiger partial charge in [-0.1, -0.05) is 11.6 Å². The number of halogens is 1. The molecule has 2 rings (SSSR count). The molecule has 0 heterocycles. The van der Waals surface area contributed by atoms with Crippen LogP contribution in [0, 0.1) is 13.8 Å². The van der Waals surface area contributed by atoms with Gasteiger partial charge in [0.1, 0.15) is 5.75 Å². The zero-order chi connectivity index (χ0) is 20.0. The zero-order valence-electron chi connectivity index (χ0n) is 16.5. The maximum Gasteiger partial charge on any atom is 0.182 e. The van der Waals surface area contributed by atoms with Crippen molar-refractivity contribution in [2.24, 2.45) is 4.99 Å². The second kappa shape index (κ2) is 9.42. The zero-order valence-corrected chi connectivity index (χ0v) is 17.2. The number of carbonyl (C=O) groups is 1. The topological polar surface area (TPSA) is 53.9 Å². The summed E-state index contributed by atoms with van der Waals surface area (Å²) in [4.78, 5) is 19.2. The maximum absolute atomic E-state index is 12.7. The fourth-order valence-corrected chi connectivity index (χ4v) is 2.77. The molecular weight excluding hydrogens is 362 g/mol. The SMILES string of the molecule is CCN(C)/C=N\c1cc(C)c(C(=O)CNc2cc(Cl)cc(OC)c2)cc1C. The number of hydrogen-bond acceptors (Lipinski definition) is 4. The minimum atomic E-state index is 0.00995. The highest BCUT2D eigenvalue weighted by Crippen LogP contribution is 2.25. The van der Waals surface area contributed by atoms with Crippen LogP contribution in [-0.2, 0) is 0 Å². The first-order chi connectivity index (χ1) is 12.8. The van der Waals surface area contributed by atoms with Crippen LogP contribution in [0.3, 0.4) is 0 Å². The van der Waals surface area contributed by atoms with Crippen LogP contribution in [0.5, 0.6) is 5.75 Å². The van der Waals surface area contributed by atoms with Gasteiger partial charge in [-0.05, 0) is 56.2 Å². The van der Waals surface area contributed by atoms with E-state index in [0.29, 0.717) is 16.3 Å². The number of rotatable bonds is 8. The monoisotopic (exact) mass is 387 g/mol. The summed E-state index contributed by atoms with van der Waals surface area (Å²) in [5.74, 6) is 0.652. The molecule has 0 spiro atoms. The van der Waals surface area contributed by atoms with Crippen molar-refractivity contribution in [2.45, 2.75) is 20.8 Å². The number of ether oxygens (including phenoxy) is 1. The van der Waals surface area contributed by atoms with Gasteiger partial charge in [-0.25, -0.2) is 4.99 Å². The molecular formula is C21H26ClN3O2. The summed E-state index contributed by atoms with van der Waals surface area (Å²) in [7, 11) is 3.55. The maximum atomic E-state index is 12.7. The quantitative estimate of drug-likeness (QED) is 0.398. The number of hydrogen-bond donors (Lipinski definition) is 1. The lowest BCUT2D eigenvalue weighted by Gasteiger charge is -2.12. The minimum Gasteiger partial charge on any atom is -0.497 e. The van der Waals surface area contributed by atoms with Crippen molar-refractivity contribution >= 4 is 35.1 Å². The molecule has 0 amide bonds. The molecule has 144 valence electrons. The van der Waals surface area contributed by atoms with E-state index < -0.39 is 0 Å². The first-order valence-electron chi connectivity index (χ1n) is 8.81. The Labute approximate surface area is 166 Å². The van der Waals surface area contributed by atoms with E-state index in [2.05, 4.69) is 17.2 Å². The number of anilines is 1. The van der Waals surface area contributed by atoms with Crippen molar-refractivity contribution in [2.75, 3.05) is 32.6 Å². The molecule has 0 unspecified atom stereocenters. The van der Waals surface area contributed by atoms with Gasteiger partial charge in [0.05, 0.1) is 25.7 Å². The number of aliphatic imine (C=N–C) groups is 1. The van der Waals surface area contributed by atoms with Crippen molar-refractivity contribution in [1.82, 2.24) is 4.90 Å². The molecule has 0 aliphatic rings. The lowest BCUT2D eigenvalue weighted by molar-refractivity contribution is 0.101. The molecule has 0 aromatic heterocycles. The fraction of sp³-hybridized carbons (Fsp3) is 0.333. The van der Waals surface area contributed by atoms with Crippen LogP contribution in [0.1, 0.15) is 28.4 Å². The summed E-state index contributed by atoms with van der Waals surface area (Å²) in [5, 5.41) is 3.67. The van der Waals surface area contributed by atoms with Crippen LogP contribution in [-0.4, -0.2) is 44.3 Å². The van der Waals surface area contributed by atoms with Gasteiger partial charge in [-0.3, -0.25) is 4.79 Å². The summed E-state index contributed by atoms with van der Waals surface area (Å²) >= 11 is 6.07. The standard InChI is InChI=1S/C21H26ClN3O2/c1-6-25(4)13-24-20-8-14(2)19(7-15(20)3)21(26)12-23-17-9-16(22)10-18(11-17)27-5/h7-11,13,23H,6,12H2,1-5H3/b24-13-. The average Bonchev–Trinajstić information content (AvgIpc) is 2.65. The largest absolute Gasteiger partial charge is 0.497 e. The Bertz CT molecular complexity index is 850. The van der Waals surface area contributed by atoms with Crippen LogP contribution in [0.25, 0.3) is 0 Å². The molecule has 2 aromatic rings. The lowest BCUT2D eigenvalue weighted by Crippen LogP contribution is -2.16. The third kappa shape index (κ3) is 5.73. The van der Waals surface area contributed by atoms with E-state index in [1.54, 1.807) is 31.6 Å². The normalized spacial score (nSPS) is 10.9. The van der Waals surface area contributed by atoms with Crippen molar-refractivity contribution in [1.29, 1.82) is 0 Å². The number of nitrogens with zero attached hydrogens (tertiary/aromatic N) is 2. The lowest BCUT2D eigenvalue weighted by atomic mass is 10.0. The predicted molar refractivity (Wildman–Crippen MR) is 113 cm³/mol. The van der Waals surface area contributed by atoms with Gasteiger partial charge in [0, 0.05) is 35.9 Å². The van der Waals surface area contributed by atoms with Crippen molar-refractivity contribution < 1.29 is 9.53 Å². The van der Waals surface area contributed by atoms with Gasteiger partial charge in [0.15, 0.2) is 5.78 Å². The Morgan fingerprint density at radius 2 is 1.96 bits per heavy atom. The number of methoxy groups -OCH3 is 1. The molecule has 27 heavy (non-hydrogen) atoms. The van der Waals surface area contributed by atoms with Crippen LogP contribution >= 0.6 is 11.6 Å². The Morgan fingerprint density at radius 3 is 2.63 bits per heavy atom. The van der Waals surface area contributed by atoms with Crippen LogP contribution in [0.4, 0.5) is 11.4 Å². The Balaban J connectivity index is 2.13. The van der Waals surface area contributed by atoms with Crippen molar-refractivity contribution in [3.63, 3.8) is 0 Å². The van der Waals surface area contributed by atoms with Gasteiger partial charge in [-0.15, -0.1) is 0 Å². The Morgan fingerprint density at radius 1 is 1.22 bits per heavy atom. The van der Waals surface area contributed by atoms with E-state index in [1.807, 2.05) is 37.9 Å². The second-order valence-electron chi connectivity index (χ2n) is 6.43. The molecule has 0 aliphatic carbocycles. The molecule has 0 radical (unpaired) electrons. The van der Waals surface area contributed by atoms with E-state index in [1.165, 1.54) is 0 Å². The number of carbonyl (C=O) groups excluding carboxylic acids is 1. The van der Waals surface area contributed by atoms with E-state index in [9.17, 15) is 4.79 Å². The smallest absolute Gasteiger partial charge is 0.182 e. The molecule has 1 N–H and O–H groups in total. The molecule has 0 saturated carbocycles. The van der Waals surface area contributed by atoms with Gasteiger partial charge < -0.3 is 15.0 Å². The highest BCUT2D eigenvalue weighted by atomic mass is 35.5. The number of ketones is 1. The average molecular weight is 388 g/mol. The third-order valence-corrected chi connectivity index (χ3v) is 4.51. The number of Topliss-reactive ketones (excluding diaryl/α,β-unsaturated/α-hetero) is 1. The Hall–Kier alpha value is -2.53. The second-order valence-corrected chi connectivity index (χ2v) is 6.86. The number of benzene rings is 2. The molecule has 5 nitrogen and oxygen atoms in total. The number of aryl methyl sites for hydroxylation is 2. The summed E-state index contributed by atoms with van der Waals surface area (Å²) in [6, 6.07) is 9.13. The molecule has 2 aromatic carbocycles. The Kier molecular flexibility index (Phi) is 7.25. The van der Waals surface area contributed by atoms with Gasteiger partial charge in [0.25, 0.3) is 0 Å². The summed E-state index contributed by atoms with van der Waals surface area (Å²) in [5.41, 5.74) is 4.18. The van der Waals surface area contributed by atoms with Gasteiger partial charge in [-0.2, -0.15) is 0 Å². The van der Waals surface area contributed by atoms with Crippen LogP contribution in [0.15, 0.2) is 35.3 Å². The first kappa shape index (κ1) is 20.8. The highest BCUT2D eigenvalue weighted by molar-refractivity contribution is 6.31. The molecule has 0 saturated heterocycles. The summed E-state index contributed by atoms with van der Waals surface area (Å²) < 4.78 is 5.20. The molecule has 0 atom stereocenters. The van der Waals surface area contributed by atoms with Crippen molar-refractivity contribution in [3.8, 4) is 5.75 Å². The summed E-state index contributed by atoms with van der Waals surface area (Å²) in [6.07, 6.45) is 1.80. The summed E-state index contributed by atoms with van der Waals surface area (Å²) in [6.45, 7) is 7.01. The van der Waals surface area contributed by atoms with Crippen LogP contribution < -0.4 is 10.1 Å². The predicted octanol–water partition coefficient (Wildman–Crippen LogP) is 4.87. The van der Waals surface area contributed by atoms with E-state index >= 15 is 0 Å². The molecule has 6 heteroatoms. The van der Waals surface area contributed by atoms with E-state index in [-0.39, 0.29) is 12.3 Å². The molecule has 0 aliphatic heterocycles. The van der Waals surface area contributed by atoms with Gasteiger partial charge in [0.2, 0.25) is 0 Å². The molecule has 0 fully saturated rings. The van der Waals surface area contributed by atoms with Crippen molar-refractivity contribution in [3.05, 3.63) is 52.0 Å². The molecule has 0 bridgehead atoms. The van der Waals surface area contributed by atoms with E-state index in [0.717, 1.165) is 29.0 Å². The minimum absolute atomic E-state index is 0.00995. The first-order valence-corrected chi connectivity index (χ1v) is 9.19. The number of nitrogens with one attached hydrogen (secondary N) is 1. The van der Waals surface area contributed by atoms with Gasteiger partial charge >= 0.3 is 0 Å².